The van der Waals surface area contributed by atoms with Gasteiger partial charge in [-0.3, -0.25) is 4.90 Å². The van der Waals surface area contributed by atoms with E-state index in [0.29, 0.717) is 12.1 Å². The monoisotopic (exact) mass is 210 g/mol. The Morgan fingerprint density at radius 1 is 1.57 bits per heavy atom. The van der Waals surface area contributed by atoms with E-state index < -0.39 is 0 Å². The molecule has 2 atom stereocenters. The van der Waals surface area contributed by atoms with Gasteiger partial charge < -0.3 is 5.32 Å². The van der Waals surface area contributed by atoms with Crippen LogP contribution in [0.2, 0.25) is 0 Å². The molecule has 2 rings (SSSR count). The second-order valence-corrected chi connectivity index (χ2v) is 5.18. The number of likely N-dealkylation sites (N-methyl/N-ethyl adjacent to an activating group) is 1. The van der Waals surface area contributed by atoms with Crippen molar-refractivity contribution < 1.29 is 0 Å². The van der Waals surface area contributed by atoms with Gasteiger partial charge in [0.1, 0.15) is 0 Å². The Hall–Kier alpha value is -0.380. The second kappa shape index (κ2) is 4.01. The maximum absolute atomic E-state index is 3.54. The van der Waals surface area contributed by atoms with Gasteiger partial charge in [0, 0.05) is 24.0 Å². The molecule has 0 saturated carbocycles. The number of piperazine rings is 1. The summed E-state index contributed by atoms with van der Waals surface area (Å²) in [5, 5.41) is 5.73. The SMILES string of the molecule is Cc1ccsc1C1CNC(C)CN1C. The van der Waals surface area contributed by atoms with E-state index in [9.17, 15) is 0 Å². The van der Waals surface area contributed by atoms with Gasteiger partial charge in [-0.2, -0.15) is 0 Å². The second-order valence-electron chi connectivity index (χ2n) is 4.23. The molecule has 3 heteroatoms. The lowest BCUT2D eigenvalue weighted by Gasteiger charge is -2.36. The highest BCUT2D eigenvalue weighted by atomic mass is 32.1. The van der Waals surface area contributed by atoms with E-state index in [-0.39, 0.29) is 0 Å². The van der Waals surface area contributed by atoms with Crippen molar-refractivity contribution >= 4 is 11.3 Å². The van der Waals surface area contributed by atoms with Crippen LogP contribution < -0.4 is 5.32 Å². The van der Waals surface area contributed by atoms with Gasteiger partial charge in [0.25, 0.3) is 0 Å². The van der Waals surface area contributed by atoms with E-state index >= 15 is 0 Å². The Morgan fingerprint density at radius 3 is 2.93 bits per heavy atom. The summed E-state index contributed by atoms with van der Waals surface area (Å²) >= 11 is 1.88. The van der Waals surface area contributed by atoms with Crippen LogP contribution in [-0.4, -0.2) is 31.1 Å². The van der Waals surface area contributed by atoms with Crippen LogP contribution in [0, 0.1) is 6.92 Å². The van der Waals surface area contributed by atoms with E-state index in [0.717, 1.165) is 13.1 Å². The molecule has 0 bridgehead atoms. The Kier molecular flexibility index (Phi) is 2.91. The number of aryl methyl sites for hydroxylation is 1. The van der Waals surface area contributed by atoms with Gasteiger partial charge in [0.05, 0.1) is 6.04 Å². The number of nitrogens with zero attached hydrogens (tertiary/aromatic N) is 1. The number of hydrogen-bond donors (Lipinski definition) is 1. The molecule has 1 saturated heterocycles. The quantitative estimate of drug-likeness (QED) is 0.763. The molecule has 14 heavy (non-hydrogen) atoms. The van der Waals surface area contributed by atoms with Gasteiger partial charge in [-0.1, -0.05) is 0 Å². The third kappa shape index (κ3) is 1.85. The van der Waals surface area contributed by atoms with Crippen molar-refractivity contribution in [3.05, 3.63) is 21.9 Å². The molecule has 0 aromatic carbocycles. The average molecular weight is 210 g/mol. The molecule has 2 heterocycles. The third-order valence-corrected chi connectivity index (χ3v) is 4.08. The molecule has 1 N–H and O–H groups in total. The molecule has 1 aliphatic heterocycles. The van der Waals surface area contributed by atoms with Gasteiger partial charge in [-0.15, -0.1) is 11.3 Å². The Bertz CT molecular complexity index is 308. The van der Waals surface area contributed by atoms with Crippen LogP contribution in [0.15, 0.2) is 11.4 Å². The average Bonchev–Trinajstić information content (AvgIpc) is 2.52. The molecule has 1 fully saturated rings. The van der Waals surface area contributed by atoms with Crippen molar-refractivity contribution in [2.75, 3.05) is 20.1 Å². The summed E-state index contributed by atoms with van der Waals surface area (Å²) < 4.78 is 0. The zero-order valence-corrected chi connectivity index (χ0v) is 9.90. The fraction of sp³-hybridized carbons (Fsp3) is 0.636. The minimum absolute atomic E-state index is 0.575. The predicted octanol–water partition coefficient (Wildman–Crippen LogP) is 2.02. The lowest BCUT2D eigenvalue weighted by Crippen LogP contribution is -2.49. The number of hydrogen-bond acceptors (Lipinski definition) is 3. The summed E-state index contributed by atoms with van der Waals surface area (Å²) in [4.78, 5) is 3.98. The fourth-order valence-corrected chi connectivity index (χ4v) is 3.20. The molecular formula is C11H18N2S. The van der Waals surface area contributed by atoms with Crippen LogP contribution in [0.25, 0.3) is 0 Å². The fourth-order valence-electron chi connectivity index (χ4n) is 2.11. The van der Waals surface area contributed by atoms with Crippen LogP contribution in [0.3, 0.4) is 0 Å². The molecule has 1 aromatic rings. The number of rotatable bonds is 1. The summed E-state index contributed by atoms with van der Waals surface area (Å²) in [5.41, 5.74) is 1.43. The van der Waals surface area contributed by atoms with Crippen LogP contribution >= 0.6 is 11.3 Å². The summed E-state index contributed by atoms with van der Waals surface area (Å²) in [6.45, 7) is 6.67. The molecule has 2 nitrogen and oxygen atoms in total. The molecule has 0 aliphatic carbocycles. The van der Waals surface area contributed by atoms with Crippen LogP contribution in [0.4, 0.5) is 0 Å². The molecular weight excluding hydrogens is 192 g/mol. The van der Waals surface area contributed by atoms with Crippen molar-refractivity contribution in [3.63, 3.8) is 0 Å². The molecule has 78 valence electrons. The molecule has 0 spiro atoms. The van der Waals surface area contributed by atoms with E-state index in [1.54, 1.807) is 0 Å². The third-order valence-electron chi connectivity index (χ3n) is 2.96. The number of nitrogens with one attached hydrogen (secondary N) is 1. The largest absolute Gasteiger partial charge is 0.311 e. The zero-order chi connectivity index (χ0) is 10.1. The first-order chi connectivity index (χ1) is 6.68. The summed E-state index contributed by atoms with van der Waals surface area (Å²) in [7, 11) is 2.22. The summed E-state index contributed by atoms with van der Waals surface area (Å²) in [6, 6.07) is 3.41. The van der Waals surface area contributed by atoms with Crippen molar-refractivity contribution in [2.45, 2.75) is 25.9 Å². The standard InChI is InChI=1S/C11H18N2S/c1-8-4-5-14-11(8)10-6-12-9(2)7-13(10)3/h4-5,9-10,12H,6-7H2,1-3H3. The topological polar surface area (TPSA) is 15.3 Å². The first kappa shape index (κ1) is 10.1. The highest BCUT2D eigenvalue weighted by Crippen LogP contribution is 2.29. The maximum atomic E-state index is 3.54. The van der Waals surface area contributed by atoms with Gasteiger partial charge in [-0.25, -0.2) is 0 Å². The maximum Gasteiger partial charge on any atom is 0.0567 e. The molecule has 1 aromatic heterocycles. The van der Waals surface area contributed by atoms with Crippen LogP contribution in [0.1, 0.15) is 23.4 Å². The first-order valence-corrected chi connectivity index (χ1v) is 6.04. The van der Waals surface area contributed by atoms with Gasteiger partial charge in [0.15, 0.2) is 0 Å². The van der Waals surface area contributed by atoms with E-state index in [1.807, 2.05) is 11.3 Å². The van der Waals surface area contributed by atoms with Gasteiger partial charge >= 0.3 is 0 Å². The highest BCUT2D eigenvalue weighted by Gasteiger charge is 2.25. The van der Waals surface area contributed by atoms with Crippen molar-refractivity contribution in [1.29, 1.82) is 0 Å². The van der Waals surface area contributed by atoms with Crippen molar-refractivity contribution in [1.82, 2.24) is 10.2 Å². The van der Waals surface area contributed by atoms with Crippen LogP contribution in [-0.2, 0) is 0 Å². The van der Waals surface area contributed by atoms with E-state index in [2.05, 4.69) is 42.6 Å². The van der Waals surface area contributed by atoms with Gasteiger partial charge in [-0.05, 0) is 37.9 Å². The molecule has 1 aliphatic rings. The Balaban J connectivity index is 2.15. The lowest BCUT2D eigenvalue weighted by molar-refractivity contribution is 0.173. The Labute approximate surface area is 89.9 Å². The molecule has 0 radical (unpaired) electrons. The van der Waals surface area contributed by atoms with Crippen molar-refractivity contribution in [3.8, 4) is 0 Å². The first-order valence-electron chi connectivity index (χ1n) is 5.16. The molecule has 2 unspecified atom stereocenters. The zero-order valence-electron chi connectivity index (χ0n) is 9.08. The van der Waals surface area contributed by atoms with Crippen LogP contribution in [0.5, 0.6) is 0 Å². The van der Waals surface area contributed by atoms with E-state index in [1.165, 1.54) is 10.4 Å². The minimum atomic E-state index is 0.575. The summed E-state index contributed by atoms with van der Waals surface area (Å²) in [5.74, 6) is 0. The molecule has 0 amide bonds. The smallest absolute Gasteiger partial charge is 0.0567 e. The summed E-state index contributed by atoms with van der Waals surface area (Å²) in [6.07, 6.45) is 0. The predicted molar refractivity (Wildman–Crippen MR) is 61.9 cm³/mol. The highest BCUT2D eigenvalue weighted by molar-refractivity contribution is 7.10. The normalized spacial score (nSPS) is 29.4. The number of thiophene rings is 1. The van der Waals surface area contributed by atoms with Crippen molar-refractivity contribution in [2.24, 2.45) is 0 Å². The Morgan fingerprint density at radius 2 is 2.36 bits per heavy atom. The lowest BCUT2D eigenvalue weighted by atomic mass is 10.1. The van der Waals surface area contributed by atoms with E-state index in [4.69, 9.17) is 0 Å². The van der Waals surface area contributed by atoms with Gasteiger partial charge in [0.2, 0.25) is 0 Å². The minimum Gasteiger partial charge on any atom is -0.311 e.